The van der Waals surface area contributed by atoms with E-state index in [0.29, 0.717) is 13.2 Å². The lowest BCUT2D eigenvalue weighted by molar-refractivity contribution is -0.137. The topological polar surface area (TPSA) is 61.3 Å². The molecule has 0 aliphatic carbocycles. The van der Waals surface area contributed by atoms with E-state index in [1.165, 1.54) is 17.1 Å². The fraction of sp³-hybridized carbons (Fsp3) is 0.389. The smallest absolute Gasteiger partial charge is 0.330 e. The Morgan fingerprint density at radius 2 is 2.04 bits per heavy atom. The summed E-state index contributed by atoms with van der Waals surface area (Å²) in [6.07, 6.45) is 2.92. The van der Waals surface area contributed by atoms with E-state index in [2.05, 4.69) is 35.0 Å². The zero-order chi connectivity index (χ0) is 17.8. The zero-order valence-electron chi connectivity index (χ0n) is 14.4. The molecule has 6 heteroatoms. The number of carbonyl (C=O) groups is 1. The van der Waals surface area contributed by atoms with E-state index in [9.17, 15) is 4.79 Å². The van der Waals surface area contributed by atoms with Crippen LogP contribution in [-0.4, -0.2) is 35.7 Å². The number of ether oxygens (including phenoxy) is 2. The molecule has 1 aromatic carbocycles. The Labute approximate surface area is 147 Å². The molecular weight excluding hydrogens is 324 g/mol. The van der Waals surface area contributed by atoms with Crippen molar-refractivity contribution in [2.24, 2.45) is 0 Å². The van der Waals surface area contributed by atoms with Crippen LogP contribution < -0.4 is 0 Å². The molecule has 2 rings (SSSR count). The van der Waals surface area contributed by atoms with E-state index >= 15 is 0 Å². The van der Waals surface area contributed by atoms with Gasteiger partial charge in [0, 0.05) is 25.4 Å². The van der Waals surface area contributed by atoms with Crippen LogP contribution >= 0.6 is 11.5 Å². The van der Waals surface area contributed by atoms with E-state index in [4.69, 9.17) is 9.47 Å². The molecule has 0 fully saturated rings. The van der Waals surface area contributed by atoms with Gasteiger partial charge in [-0.1, -0.05) is 30.3 Å². The third-order valence-corrected chi connectivity index (χ3v) is 3.58. The summed E-state index contributed by atoms with van der Waals surface area (Å²) in [7, 11) is 1.65. The molecule has 0 aliphatic heterocycles. The molecule has 5 nitrogen and oxygen atoms in total. The number of benzene rings is 1. The molecule has 0 saturated heterocycles. The van der Waals surface area contributed by atoms with Crippen LogP contribution in [0.15, 0.2) is 36.9 Å². The standard InChI is InChI=1S/C10H10N2S.C8H14O3/c1-7-4-3-5-9(6-7)10-11-8(2)13-12-10;1-3-8(9)11-7-5-4-6-10-2/h3-6H,1-2H3;3H,1,4-7H2,2H3. The number of methoxy groups -OCH3 is 1. The molecule has 2 aromatic rings. The first-order valence-electron chi connectivity index (χ1n) is 7.72. The number of aromatic nitrogens is 2. The van der Waals surface area contributed by atoms with Crippen LogP contribution in [0.4, 0.5) is 0 Å². The third kappa shape index (κ3) is 7.99. The van der Waals surface area contributed by atoms with Gasteiger partial charge in [-0.3, -0.25) is 0 Å². The van der Waals surface area contributed by atoms with Crippen LogP contribution in [0.2, 0.25) is 0 Å². The molecule has 0 bridgehead atoms. The Morgan fingerprint density at radius 1 is 1.29 bits per heavy atom. The molecule has 1 heterocycles. The molecule has 0 N–H and O–H groups in total. The fourth-order valence-corrected chi connectivity index (χ4v) is 2.27. The van der Waals surface area contributed by atoms with Gasteiger partial charge in [0.15, 0.2) is 5.82 Å². The van der Waals surface area contributed by atoms with Crippen molar-refractivity contribution < 1.29 is 14.3 Å². The van der Waals surface area contributed by atoms with Gasteiger partial charge in [0.2, 0.25) is 0 Å². The highest BCUT2D eigenvalue weighted by molar-refractivity contribution is 7.05. The van der Waals surface area contributed by atoms with Crippen LogP contribution in [0.25, 0.3) is 11.4 Å². The largest absolute Gasteiger partial charge is 0.463 e. The number of unbranched alkanes of at least 4 members (excludes halogenated alkanes) is 1. The van der Waals surface area contributed by atoms with Gasteiger partial charge in [-0.05, 0) is 44.3 Å². The van der Waals surface area contributed by atoms with Crippen molar-refractivity contribution in [3.8, 4) is 11.4 Å². The Kier molecular flexibility index (Phi) is 9.56. The lowest BCUT2D eigenvalue weighted by atomic mass is 10.1. The molecule has 0 atom stereocenters. The number of nitrogens with zero attached hydrogens (tertiary/aromatic N) is 2. The van der Waals surface area contributed by atoms with Crippen molar-refractivity contribution in [1.29, 1.82) is 0 Å². The summed E-state index contributed by atoms with van der Waals surface area (Å²) < 4.78 is 13.8. The number of carbonyl (C=O) groups excluding carboxylic acids is 1. The minimum absolute atomic E-state index is 0.359. The summed E-state index contributed by atoms with van der Waals surface area (Å²) >= 11 is 1.44. The van der Waals surface area contributed by atoms with E-state index in [-0.39, 0.29) is 5.97 Å². The molecule has 0 amide bonds. The van der Waals surface area contributed by atoms with E-state index in [0.717, 1.165) is 35.3 Å². The highest BCUT2D eigenvalue weighted by Crippen LogP contribution is 2.18. The zero-order valence-corrected chi connectivity index (χ0v) is 15.3. The highest BCUT2D eigenvalue weighted by atomic mass is 32.1. The second-order valence-electron chi connectivity index (χ2n) is 5.08. The predicted molar refractivity (Wildman–Crippen MR) is 97.1 cm³/mol. The van der Waals surface area contributed by atoms with Crippen molar-refractivity contribution in [2.75, 3.05) is 20.3 Å². The summed E-state index contributed by atoms with van der Waals surface area (Å²) in [6, 6.07) is 8.24. The molecule has 0 spiro atoms. The molecule has 1 aromatic heterocycles. The van der Waals surface area contributed by atoms with Gasteiger partial charge in [-0.15, -0.1) is 0 Å². The minimum atomic E-state index is -0.359. The summed E-state index contributed by atoms with van der Waals surface area (Å²) in [6.45, 7) is 8.48. The molecular formula is C18H24N2O3S. The number of hydrogen-bond donors (Lipinski definition) is 0. The maximum Gasteiger partial charge on any atom is 0.330 e. The predicted octanol–water partition coefficient (Wildman–Crippen LogP) is 3.96. The highest BCUT2D eigenvalue weighted by Gasteiger charge is 2.02. The van der Waals surface area contributed by atoms with Crippen LogP contribution in [0.3, 0.4) is 0 Å². The molecule has 0 unspecified atom stereocenters. The quantitative estimate of drug-likeness (QED) is 0.430. The average Bonchev–Trinajstić information content (AvgIpc) is 3.01. The van der Waals surface area contributed by atoms with Crippen molar-refractivity contribution in [3.63, 3.8) is 0 Å². The van der Waals surface area contributed by atoms with E-state index in [1.807, 2.05) is 19.1 Å². The Bertz CT molecular complexity index is 641. The first kappa shape index (κ1) is 20.0. The Morgan fingerprint density at radius 3 is 2.62 bits per heavy atom. The number of aryl methyl sites for hydroxylation is 2. The van der Waals surface area contributed by atoms with Crippen LogP contribution in [0.1, 0.15) is 23.4 Å². The van der Waals surface area contributed by atoms with Crippen molar-refractivity contribution in [1.82, 2.24) is 9.36 Å². The lowest BCUT2D eigenvalue weighted by Gasteiger charge is -2.00. The van der Waals surface area contributed by atoms with Gasteiger partial charge in [-0.2, -0.15) is 4.37 Å². The van der Waals surface area contributed by atoms with Gasteiger partial charge in [0.1, 0.15) is 5.01 Å². The van der Waals surface area contributed by atoms with E-state index in [1.54, 1.807) is 7.11 Å². The second-order valence-corrected chi connectivity index (χ2v) is 6.03. The van der Waals surface area contributed by atoms with Crippen molar-refractivity contribution >= 4 is 17.5 Å². The van der Waals surface area contributed by atoms with Crippen molar-refractivity contribution in [2.45, 2.75) is 26.7 Å². The molecule has 0 saturated carbocycles. The number of esters is 1. The van der Waals surface area contributed by atoms with Crippen LogP contribution in [0.5, 0.6) is 0 Å². The molecule has 0 aliphatic rings. The van der Waals surface area contributed by atoms with Gasteiger partial charge in [0.25, 0.3) is 0 Å². The third-order valence-electron chi connectivity index (χ3n) is 2.96. The van der Waals surface area contributed by atoms with Gasteiger partial charge in [-0.25, -0.2) is 9.78 Å². The Balaban J connectivity index is 0.000000245. The maximum absolute atomic E-state index is 10.5. The fourth-order valence-electron chi connectivity index (χ4n) is 1.78. The monoisotopic (exact) mass is 348 g/mol. The van der Waals surface area contributed by atoms with Crippen LogP contribution in [0, 0.1) is 13.8 Å². The number of hydrogen-bond acceptors (Lipinski definition) is 6. The molecule has 24 heavy (non-hydrogen) atoms. The summed E-state index contributed by atoms with van der Waals surface area (Å²) in [4.78, 5) is 14.8. The van der Waals surface area contributed by atoms with Crippen LogP contribution in [-0.2, 0) is 14.3 Å². The van der Waals surface area contributed by atoms with Crippen molar-refractivity contribution in [3.05, 3.63) is 47.5 Å². The maximum atomic E-state index is 10.5. The molecule has 130 valence electrons. The summed E-state index contributed by atoms with van der Waals surface area (Å²) in [5.41, 5.74) is 2.34. The van der Waals surface area contributed by atoms with Gasteiger partial charge >= 0.3 is 5.97 Å². The first-order valence-corrected chi connectivity index (χ1v) is 8.49. The molecule has 0 radical (unpaired) electrons. The van der Waals surface area contributed by atoms with Gasteiger partial charge < -0.3 is 9.47 Å². The minimum Gasteiger partial charge on any atom is -0.463 e. The summed E-state index contributed by atoms with van der Waals surface area (Å²) in [5.74, 6) is 0.480. The van der Waals surface area contributed by atoms with Gasteiger partial charge in [0.05, 0.1) is 6.61 Å². The SMILES string of the molecule is C=CC(=O)OCCCCOC.Cc1cccc(-c2nsc(C)n2)c1. The Hall–Kier alpha value is -2.05. The number of rotatable bonds is 7. The first-order chi connectivity index (χ1) is 11.6. The summed E-state index contributed by atoms with van der Waals surface area (Å²) in [5, 5.41) is 1.01. The normalized spacial score (nSPS) is 9.79. The average molecular weight is 348 g/mol. The second kappa shape index (κ2) is 11.5. The lowest BCUT2D eigenvalue weighted by Crippen LogP contribution is -2.02. The van der Waals surface area contributed by atoms with E-state index < -0.39 is 0 Å².